The van der Waals surface area contributed by atoms with E-state index >= 15 is 0 Å². The first kappa shape index (κ1) is 10.9. The minimum Gasteiger partial charge on any atom is -0.298 e. The predicted molar refractivity (Wildman–Crippen MR) is 52.5 cm³/mol. The largest absolute Gasteiger partial charge is 0.298 e. The monoisotopic (exact) mass is 204 g/mol. The molecule has 0 atom stereocenters. The summed E-state index contributed by atoms with van der Waals surface area (Å²) in [7, 11) is 0. The molecule has 0 heterocycles. The highest BCUT2D eigenvalue weighted by atomic mass is 16.6. The molecule has 0 aromatic heterocycles. The van der Waals surface area contributed by atoms with E-state index in [1.807, 2.05) is 6.07 Å². The lowest BCUT2D eigenvalue weighted by Crippen LogP contribution is -2.00. The van der Waals surface area contributed by atoms with Crippen LogP contribution in [0.2, 0.25) is 0 Å². The van der Waals surface area contributed by atoms with Gasteiger partial charge in [-0.15, -0.1) is 0 Å². The lowest BCUT2D eigenvalue weighted by atomic mass is 10.0. The number of aldehydes is 1. The van der Waals surface area contributed by atoms with E-state index in [0.29, 0.717) is 17.4 Å². The van der Waals surface area contributed by atoms with E-state index in [2.05, 4.69) is 0 Å². The van der Waals surface area contributed by atoms with E-state index in [-0.39, 0.29) is 17.7 Å². The van der Waals surface area contributed by atoms with Gasteiger partial charge in [0.05, 0.1) is 23.0 Å². The summed E-state index contributed by atoms with van der Waals surface area (Å²) in [6, 6.07) is 4.81. The molecule has 0 aliphatic carbocycles. The quantitative estimate of drug-likeness (QED) is 0.426. The molecule has 0 radical (unpaired) electrons. The van der Waals surface area contributed by atoms with E-state index < -0.39 is 4.92 Å². The summed E-state index contributed by atoms with van der Waals surface area (Å²) in [4.78, 5) is 20.8. The zero-order valence-electron chi connectivity index (χ0n) is 8.06. The third-order valence-corrected chi connectivity index (χ3v) is 1.97. The van der Waals surface area contributed by atoms with Crippen LogP contribution < -0.4 is 0 Å². The third kappa shape index (κ3) is 2.17. The molecule has 0 unspecified atom stereocenters. The van der Waals surface area contributed by atoms with E-state index in [9.17, 15) is 14.9 Å². The Labute approximate surface area is 86.1 Å². The summed E-state index contributed by atoms with van der Waals surface area (Å²) < 4.78 is 0. The standard InChI is InChI=1S/C10H8N2O3/c1-7-4-8(2-3-11)9(6-13)10(5-7)12(14)15/h4-6H,2H2,1H3. The topological polar surface area (TPSA) is 84.0 Å². The van der Waals surface area contributed by atoms with Crippen LogP contribution in [0.25, 0.3) is 0 Å². The molecule has 0 bridgehead atoms. The maximum atomic E-state index is 10.7. The average molecular weight is 204 g/mol. The number of benzene rings is 1. The van der Waals surface area contributed by atoms with Crippen molar-refractivity contribution < 1.29 is 9.72 Å². The van der Waals surface area contributed by atoms with E-state index in [1.54, 1.807) is 13.0 Å². The normalized spacial score (nSPS) is 9.33. The van der Waals surface area contributed by atoms with Gasteiger partial charge in [0, 0.05) is 6.07 Å². The summed E-state index contributed by atoms with van der Waals surface area (Å²) in [6.45, 7) is 1.68. The molecule has 1 aromatic rings. The van der Waals surface area contributed by atoms with Crippen LogP contribution in [-0.4, -0.2) is 11.2 Å². The Bertz CT molecular complexity index is 460. The molecule has 5 nitrogen and oxygen atoms in total. The number of carbonyl (C=O) groups is 1. The molecular weight excluding hydrogens is 196 g/mol. The average Bonchev–Trinajstić information content (AvgIpc) is 2.17. The summed E-state index contributed by atoms with van der Waals surface area (Å²) in [5.74, 6) is 0. The lowest BCUT2D eigenvalue weighted by molar-refractivity contribution is -0.385. The van der Waals surface area contributed by atoms with Crippen molar-refractivity contribution in [3.8, 4) is 6.07 Å². The van der Waals surface area contributed by atoms with E-state index in [4.69, 9.17) is 5.26 Å². The Morgan fingerprint density at radius 3 is 2.73 bits per heavy atom. The molecule has 0 aliphatic heterocycles. The summed E-state index contributed by atoms with van der Waals surface area (Å²) >= 11 is 0. The van der Waals surface area contributed by atoms with Crippen LogP contribution in [-0.2, 0) is 6.42 Å². The zero-order chi connectivity index (χ0) is 11.4. The van der Waals surface area contributed by atoms with Crippen LogP contribution in [0.15, 0.2) is 12.1 Å². The molecule has 0 amide bonds. The number of rotatable bonds is 3. The first-order valence-electron chi connectivity index (χ1n) is 4.20. The van der Waals surface area contributed by atoms with Crippen molar-refractivity contribution in [2.24, 2.45) is 0 Å². The fourth-order valence-corrected chi connectivity index (χ4v) is 1.37. The Morgan fingerprint density at radius 1 is 1.60 bits per heavy atom. The molecular formula is C10H8N2O3. The number of nitro benzene ring substituents is 1. The van der Waals surface area contributed by atoms with Crippen molar-refractivity contribution in [1.29, 1.82) is 5.26 Å². The van der Waals surface area contributed by atoms with Crippen LogP contribution in [0.1, 0.15) is 21.5 Å². The van der Waals surface area contributed by atoms with Crippen LogP contribution in [0.5, 0.6) is 0 Å². The summed E-state index contributed by atoms with van der Waals surface area (Å²) in [6.07, 6.45) is 0.418. The van der Waals surface area contributed by atoms with Crippen LogP contribution in [0, 0.1) is 28.4 Å². The lowest BCUT2D eigenvalue weighted by Gasteiger charge is -2.03. The number of nitriles is 1. The molecule has 1 aromatic carbocycles. The molecule has 0 N–H and O–H groups in total. The van der Waals surface area contributed by atoms with Gasteiger partial charge in [0.1, 0.15) is 0 Å². The maximum Gasteiger partial charge on any atom is 0.280 e. The number of aryl methyl sites for hydroxylation is 1. The highest BCUT2D eigenvalue weighted by Gasteiger charge is 2.17. The number of nitro groups is 1. The van der Waals surface area contributed by atoms with Crippen molar-refractivity contribution in [2.45, 2.75) is 13.3 Å². The van der Waals surface area contributed by atoms with Gasteiger partial charge < -0.3 is 0 Å². The van der Waals surface area contributed by atoms with E-state index in [1.165, 1.54) is 6.07 Å². The van der Waals surface area contributed by atoms with Crippen molar-refractivity contribution in [1.82, 2.24) is 0 Å². The van der Waals surface area contributed by atoms with Gasteiger partial charge >= 0.3 is 0 Å². The van der Waals surface area contributed by atoms with Crippen LogP contribution in [0.4, 0.5) is 5.69 Å². The van der Waals surface area contributed by atoms with Gasteiger partial charge in [-0.25, -0.2) is 0 Å². The smallest absolute Gasteiger partial charge is 0.280 e. The molecule has 5 heteroatoms. The van der Waals surface area contributed by atoms with Gasteiger partial charge in [0.2, 0.25) is 0 Å². The number of nitrogens with zero attached hydrogens (tertiary/aromatic N) is 2. The summed E-state index contributed by atoms with van der Waals surface area (Å²) in [5.41, 5.74) is 0.819. The molecule has 0 saturated carbocycles. The molecule has 76 valence electrons. The van der Waals surface area contributed by atoms with E-state index in [0.717, 1.165) is 0 Å². The fraction of sp³-hybridized carbons (Fsp3) is 0.200. The number of hydrogen-bond donors (Lipinski definition) is 0. The number of hydrogen-bond acceptors (Lipinski definition) is 4. The SMILES string of the molecule is Cc1cc(CC#N)c(C=O)c([N+](=O)[O-])c1. The second-order valence-electron chi connectivity index (χ2n) is 3.07. The highest BCUT2D eigenvalue weighted by Crippen LogP contribution is 2.23. The zero-order valence-corrected chi connectivity index (χ0v) is 8.06. The molecule has 0 spiro atoms. The molecule has 15 heavy (non-hydrogen) atoms. The van der Waals surface area contributed by atoms with Crippen molar-refractivity contribution in [2.75, 3.05) is 0 Å². The second-order valence-corrected chi connectivity index (χ2v) is 3.07. The van der Waals surface area contributed by atoms with Gasteiger partial charge in [-0.2, -0.15) is 5.26 Å². The molecule has 0 saturated heterocycles. The Hall–Kier alpha value is -2.22. The minimum atomic E-state index is -0.613. The first-order valence-corrected chi connectivity index (χ1v) is 4.20. The first-order chi connectivity index (χ1) is 7.10. The Morgan fingerprint density at radius 2 is 2.27 bits per heavy atom. The van der Waals surface area contributed by atoms with Gasteiger partial charge in [-0.3, -0.25) is 14.9 Å². The third-order valence-electron chi connectivity index (χ3n) is 1.97. The Kier molecular flexibility index (Phi) is 3.13. The highest BCUT2D eigenvalue weighted by molar-refractivity contribution is 5.84. The van der Waals surface area contributed by atoms with Crippen molar-refractivity contribution in [3.05, 3.63) is 38.9 Å². The maximum absolute atomic E-state index is 10.7. The van der Waals surface area contributed by atoms with Crippen molar-refractivity contribution >= 4 is 12.0 Å². The predicted octanol–water partition coefficient (Wildman–Crippen LogP) is 1.78. The minimum absolute atomic E-state index is 0.00338. The van der Waals surface area contributed by atoms with Gasteiger partial charge in [0.15, 0.2) is 6.29 Å². The molecule has 0 fully saturated rings. The van der Waals surface area contributed by atoms with Gasteiger partial charge in [0.25, 0.3) is 5.69 Å². The molecule has 0 aliphatic rings. The van der Waals surface area contributed by atoms with Gasteiger partial charge in [-0.1, -0.05) is 6.07 Å². The second kappa shape index (κ2) is 4.33. The molecule has 1 rings (SSSR count). The van der Waals surface area contributed by atoms with Crippen LogP contribution in [0.3, 0.4) is 0 Å². The number of carbonyl (C=O) groups excluding carboxylic acids is 1. The van der Waals surface area contributed by atoms with Crippen molar-refractivity contribution in [3.63, 3.8) is 0 Å². The van der Waals surface area contributed by atoms with Crippen LogP contribution >= 0.6 is 0 Å². The van der Waals surface area contributed by atoms with Gasteiger partial charge in [-0.05, 0) is 18.1 Å². The Balaban J connectivity index is 3.46. The summed E-state index contributed by atoms with van der Waals surface area (Å²) in [5, 5.41) is 19.2. The fourth-order valence-electron chi connectivity index (χ4n) is 1.37.